The molecule has 1 N–H and O–H groups in total. The number of hydrogen-bond donors (Lipinski definition) is 1. The molecule has 3 aliphatic rings. The highest BCUT2D eigenvalue weighted by molar-refractivity contribution is 5.70. The lowest BCUT2D eigenvalue weighted by molar-refractivity contribution is -0.153. The Morgan fingerprint density at radius 1 is 0.793 bits per heavy atom. The lowest BCUT2D eigenvalue weighted by Gasteiger charge is -2.53. The molecule has 3 fully saturated rings. The third-order valence-electron chi connectivity index (χ3n) is 9.07. The van der Waals surface area contributed by atoms with E-state index in [1.807, 2.05) is 0 Å². The van der Waals surface area contributed by atoms with E-state index in [-0.39, 0.29) is 5.92 Å². The molecule has 0 spiro atoms. The summed E-state index contributed by atoms with van der Waals surface area (Å²) in [5.74, 6) is 3.79. The van der Waals surface area contributed by atoms with Crippen molar-refractivity contribution in [1.29, 1.82) is 0 Å². The Labute approximate surface area is 180 Å². The van der Waals surface area contributed by atoms with Gasteiger partial charge in [0.1, 0.15) is 0 Å². The van der Waals surface area contributed by atoms with Crippen LogP contribution in [0.2, 0.25) is 0 Å². The SMILES string of the molecule is CCCCCCCC1CCC2C(C1)C(CCC)CC(C(=O)O)C2C1CCCCC1. The predicted octanol–water partition coefficient (Wildman–Crippen LogP) is 8.10. The first-order valence-electron chi connectivity index (χ1n) is 13.4. The summed E-state index contributed by atoms with van der Waals surface area (Å²) in [6.07, 6.45) is 22.6. The molecule has 3 rings (SSSR count). The average molecular weight is 405 g/mol. The first-order valence-corrected chi connectivity index (χ1v) is 13.4. The maximum absolute atomic E-state index is 12.3. The highest BCUT2D eigenvalue weighted by Gasteiger charge is 2.51. The number of fused-ring (bicyclic) bond motifs is 1. The zero-order chi connectivity index (χ0) is 20.6. The number of unbranched alkanes of at least 4 members (excludes halogenated alkanes) is 4. The van der Waals surface area contributed by atoms with Crippen molar-refractivity contribution in [2.45, 2.75) is 123 Å². The molecule has 2 nitrogen and oxygen atoms in total. The van der Waals surface area contributed by atoms with Crippen molar-refractivity contribution < 1.29 is 9.90 Å². The van der Waals surface area contributed by atoms with Gasteiger partial charge in [-0.25, -0.2) is 0 Å². The van der Waals surface area contributed by atoms with Crippen LogP contribution < -0.4 is 0 Å². The summed E-state index contributed by atoms with van der Waals surface area (Å²) in [4.78, 5) is 12.3. The Morgan fingerprint density at radius 2 is 1.55 bits per heavy atom. The molecule has 0 aromatic carbocycles. The lowest BCUT2D eigenvalue weighted by Crippen LogP contribution is -2.48. The van der Waals surface area contributed by atoms with Crippen molar-refractivity contribution in [2.24, 2.45) is 41.4 Å². The molecule has 0 aromatic heterocycles. The van der Waals surface area contributed by atoms with E-state index in [4.69, 9.17) is 0 Å². The number of carboxylic acids is 1. The predicted molar refractivity (Wildman–Crippen MR) is 122 cm³/mol. The summed E-state index contributed by atoms with van der Waals surface area (Å²) in [5, 5.41) is 10.2. The van der Waals surface area contributed by atoms with Crippen molar-refractivity contribution in [3.63, 3.8) is 0 Å². The maximum atomic E-state index is 12.3. The van der Waals surface area contributed by atoms with Crippen LogP contribution in [0.25, 0.3) is 0 Å². The monoisotopic (exact) mass is 404 g/mol. The molecule has 168 valence electrons. The van der Waals surface area contributed by atoms with Crippen molar-refractivity contribution in [1.82, 2.24) is 0 Å². The minimum absolute atomic E-state index is 0.0542. The summed E-state index contributed by atoms with van der Waals surface area (Å²) in [6, 6.07) is 0. The fourth-order valence-corrected chi connectivity index (χ4v) is 7.76. The Morgan fingerprint density at radius 3 is 2.24 bits per heavy atom. The summed E-state index contributed by atoms with van der Waals surface area (Å²) >= 11 is 0. The van der Waals surface area contributed by atoms with Crippen molar-refractivity contribution in [3.05, 3.63) is 0 Å². The van der Waals surface area contributed by atoms with Crippen molar-refractivity contribution in [2.75, 3.05) is 0 Å². The van der Waals surface area contributed by atoms with Crippen molar-refractivity contribution >= 4 is 5.97 Å². The van der Waals surface area contributed by atoms with E-state index in [9.17, 15) is 9.90 Å². The summed E-state index contributed by atoms with van der Waals surface area (Å²) in [7, 11) is 0. The van der Waals surface area contributed by atoms with E-state index in [0.29, 0.717) is 23.7 Å². The number of rotatable bonds is 10. The minimum atomic E-state index is -0.474. The number of carboxylic acid groups (broad SMARTS) is 1. The zero-order valence-corrected chi connectivity index (χ0v) is 19.4. The van der Waals surface area contributed by atoms with E-state index in [1.54, 1.807) is 0 Å². The van der Waals surface area contributed by atoms with Crippen LogP contribution >= 0.6 is 0 Å². The van der Waals surface area contributed by atoms with Crippen LogP contribution in [-0.2, 0) is 4.79 Å². The van der Waals surface area contributed by atoms with Gasteiger partial charge in [-0.1, -0.05) is 104 Å². The highest BCUT2D eigenvalue weighted by Crippen LogP contribution is 2.56. The molecular formula is C27H48O2. The van der Waals surface area contributed by atoms with Crippen LogP contribution in [0, 0.1) is 41.4 Å². The molecule has 0 aliphatic heterocycles. The number of carbonyl (C=O) groups is 1. The smallest absolute Gasteiger partial charge is 0.306 e. The molecule has 6 unspecified atom stereocenters. The van der Waals surface area contributed by atoms with Gasteiger partial charge in [-0.3, -0.25) is 4.79 Å². The van der Waals surface area contributed by atoms with Crippen LogP contribution in [0.3, 0.4) is 0 Å². The Bertz CT molecular complexity index is 481. The molecular weight excluding hydrogens is 356 g/mol. The van der Waals surface area contributed by atoms with Gasteiger partial charge < -0.3 is 5.11 Å². The van der Waals surface area contributed by atoms with Gasteiger partial charge in [-0.05, 0) is 54.8 Å². The molecule has 2 heteroatoms. The third kappa shape index (κ3) is 6.01. The van der Waals surface area contributed by atoms with Gasteiger partial charge in [-0.15, -0.1) is 0 Å². The third-order valence-corrected chi connectivity index (χ3v) is 9.07. The summed E-state index contributed by atoms with van der Waals surface area (Å²) in [6.45, 7) is 4.59. The average Bonchev–Trinajstić information content (AvgIpc) is 2.74. The highest BCUT2D eigenvalue weighted by atomic mass is 16.4. The Hall–Kier alpha value is -0.530. The van der Waals surface area contributed by atoms with E-state index < -0.39 is 5.97 Å². The molecule has 0 saturated heterocycles. The van der Waals surface area contributed by atoms with Gasteiger partial charge in [0.15, 0.2) is 0 Å². The van der Waals surface area contributed by atoms with E-state index in [0.717, 1.165) is 18.3 Å². The van der Waals surface area contributed by atoms with Gasteiger partial charge in [0.2, 0.25) is 0 Å². The van der Waals surface area contributed by atoms with Gasteiger partial charge in [0.25, 0.3) is 0 Å². The van der Waals surface area contributed by atoms with Crippen molar-refractivity contribution in [3.8, 4) is 0 Å². The lowest BCUT2D eigenvalue weighted by atomic mass is 9.51. The summed E-state index contributed by atoms with van der Waals surface area (Å²) in [5.41, 5.74) is 0. The standard InChI is InChI=1S/C27H48O2/c1-3-5-6-7-9-13-20-16-17-23-24(18-20)22(12-4-2)19-25(27(28)29)26(23)21-14-10-8-11-15-21/h20-26H,3-19H2,1-2H3,(H,28,29). The molecule has 29 heavy (non-hydrogen) atoms. The van der Waals surface area contributed by atoms with Gasteiger partial charge in [0.05, 0.1) is 5.92 Å². The zero-order valence-electron chi connectivity index (χ0n) is 19.4. The van der Waals surface area contributed by atoms with Gasteiger partial charge >= 0.3 is 5.97 Å². The maximum Gasteiger partial charge on any atom is 0.306 e. The molecule has 0 heterocycles. The number of hydrogen-bond acceptors (Lipinski definition) is 1. The van der Waals surface area contributed by atoms with E-state index in [2.05, 4.69) is 13.8 Å². The minimum Gasteiger partial charge on any atom is -0.481 e. The largest absolute Gasteiger partial charge is 0.481 e. The first kappa shape index (κ1) is 23.1. The van der Waals surface area contributed by atoms with Crippen LogP contribution in [0.5, 0.6) is 0 Å². The Kier molecular flexibility index (Phi) is 9.38. The van der Waals surface area contributed by atoms with Gasteiger partial charge in [-0.2, -0.15) is 0 Å². The van der Waals surface area contributed by atoms with Crippen LogP contribution in [0.1, 0.15) is 123 Å². The molecule has 0 aromatic rings. The first-order chi connectivity index (χ1) is 14.2. The quantitative estimate of drug-likeness (QED) is 0.373. The second-order valence-electron chi connectivity index (χ2n) is 10.9. The second-order valence-corrected chi connectivity index (χ2v) is 10.9. The van der Waals surface area contributed by atoms with E-state index in [1.165, 1.54) is 103 Å². The topological polar surface area (TPSA) is 37.3 Å². The van der Waals surface area contributed by atoms with Crippen LogP contribution in [0.15, 0.2) is 0 Å². The molecule has 0 bridgehead atoms. The molecule has 3 aliphatic carbocycles. The molecule has 3 saturated carbocycles. The van der Waals surface area contributed by atoms with Crippen LogP contribution in [-0.4, -0.2) is 11.1 Å². The number of aliphatic carboxylic acids is 1. The fourth-order valence-electron chi connectivity index (χ4n) is 7.76. The molecule has 6 atom stereocenters. The second kappa shape index (κ2) is 11.8. The molecule has 0 radical (unpaired) electrons. The Balaban J connectivity index is 1.67. The van der Waals surface area contributed by atoms with Gasteiger partial charge in [0, 0.05) is 0 Å². The molecule has 0 amide bonds. The van der Waals surface area contributed by atoms with E-state index >= 15 is 0 Å². The normalized spacial score (nSPS) is 35.9. The fraction of sp³-hybridized carbons (Fsp3) is 0.963. The van der Waals surface area contributed by atoms with Crippen LogP contribution in [0.4, 0.5) is 0 Å². The summed E-state index contributed by atoms with van der Waals surface area (Å²) < 4.78 is 0.